The average Bonchev–Trinajstić information content (AvgIpc) is 2.34. The van der Waals surface area contributed by atoms with E-state index in [9.17, 15) is 14.0 Å². The molecule has 0 aromatic heterocycles. The fraction of sp³-hybridized carbons (Fsp3) is 0.846. The molecule has 0 spiro atoms. The Morgan fingerprint density at radius 3 is 2.28 bits per heavy atom. The van der Waals surface area contributed by atoms with Gasteiger partial charge in [0.2, 0.25) is 0 Å². The molecule has 0 aliphatic carbocycles. The first-order chi connectivity index (χ1) is 8.52. The Hall–Kier alpha value is -1.13. The number of nitrogens with zero attached hydrogens (tertiary/aromatic N) is 1. The van der Waals surface area contributed by atoms with Crippen LogP contribution in [0, 0.1) is 0 Å². The minimum Gasteiger partial charge on any atom is -0.480 e. The van der Waals surface area contributed by atoms with Crippen molar-refractivity contribution in [2.75, 3.05) is 13.1 Å². The van der Waals surface area contributed by atoms with E-state index in [0.29, 0.717) is 6.42 Å². The molecule has 0 aromatic rings. The number of amides is 1. The van der Waals surface area contributed by atoms with Gasteiger partial charge in [-0.1, -0.05) is 39.0 Å². The normalized spacial score (nSPS) is 12.2. The lowest BCUT2D eigenvalue weighted by Gasteiger charge is -2.20. The molecule has 1 N–H and O–H groups in total. The molecule has 0 aromatic carbocycles. The van der Waals surface area contributed by atoms with Crippen molar-refractivity contribution >= 4 is 11.9 Å². The summed E-state index contributed by atoms with van der Waals surface area (Å²) in [6.45, 7) is 3.55. The van der Waals surface area contributed by atoms with Crippen LogP contribution in [-0.2, 0) is 9.59 Å². The number of unbranched alkanes of at least 4 members (excludes halogenated alkanes) is 4. The summed E-state index contributed by atoms with van der Waals surface area (Å²) in [7, 11) is 0. The van der Waals surface area contributed by atoms with Crippen molar-refractivity contribution in [3.63, 3.8) is 0 Å². The van der Waals surface area contributed by atoms with Gasteiger partial charge in [0.1, 0.15) is 6.54 Å². The van der Waals surface area contributed by atoms with Crippen LogP contribution in [0.4, 0.5) is 4.39 Å². The first kappa shape index (κ1) is 16.9. The molecular formula is C13H24FNO3. The molecule has 0 saturated carbocycles. The van der Waals surface area contributed by atoms with E-state index in [0.717, 1.165) is 30.6 Å². The number of carboxylic acid groups (broad SMARTS) is 1. The average molecular weight is 261 g/mol. The number of aliphatic carboxylic acids is 1. The monoisotopic (exact) mass is 261 g/mol. The highest BCUT2D eigenvalue weighted by Crippen LogP contribution is 2.11. The molecule has 0 saturated heterocycles. The summed E-state index contributed by atoms with van der Waals surface area (Å²) in [6, 6.07) is 0. The van der Waals surface area contributed by atoms with Crippen molar-refractivity contribution in [1.29, 1.82) is 0 Å². The van der Waals surface area contributed by atoms with Crippen molar-refractivity contribution in [2.24, 2.45) is 0 Å². The summed E-state index contributed by atoms with van der Waals surface area (Å²) < 4.78 is 13.6. The van der Waals surface area contributed by atoms with Gasteiger partial charge in [-0.25, -0.2) is 4.39 Å². The van der Waals surface area contributed by atoms with E-state index >= 15 is 0 Å². The summed E-state index contributed by atoms with van der Waals surface area (Å²) in [6.07, 6.45) is 3.55. The third-order valence-electron chi connectivity index (χ3n) is 2.85. The number of carbonyl (C=O) groups excluding carboxylic acids is 1. The van der Waals surface area contributed by atoms with Gasteiger partial charge in [-0.05, 0) is 13.3 Å². The highest BCUT2D eigenvalue weighted by molar-refractivity contribution is 5.84. The SMILES string of the molecule is CCCCCCCC(F)C(=O)N(CC)CC(=O)O. The molecule has 106 valence electrons. The number of hydrogen-bond acceptors (Lipinski definition) is 2. The minimum absolute atomic E-state index is 0.193. The van der Waals surface area contributed by atoms with Gasteiger partial charge >= 0.3 is 5.97 Å². The van der Waals surface area contributed by atoms with E-state index in [4.69, 9.17) is 5.11 Å². The number of alkyl halides is 1. The first-order valence-electron chi connectivity index (χ1n) is 6.67. The Balaban J connectivity index is 3.95. The van der Waals surface area contributed by atoms with E-state index in [2.05, 4.69) is 6.92 Å². The molecule has 0 radical (unpaired) electrons. The highest BCUT2D eigenvalue weighted by Gasteiger charge is 2.23. The van der Waals surface area contributed by atoms with Gasteiger partial charge in [-0.2, -0.15) is 0 Å². The lowest BCUT2D eigenvalue weighted by atomic mass is 10.1. The topological polar surface area (TPSA) is 57.6 Å². The van der Waals surface area contributed by atoms with Gasteiger partial charge < -0.3 is 10.0 Å². The van der Waals surface area contributed by atoms with E-state index in [-0.39, 0.29) is 13.0 Å². The van der Waals surface area contributed by atoms with Crippen LogP contribution >= 0.6 is 0 Å². The first-order valence-corrected chi connectivity index (χ1v) is 6.67. The van der Waals surface area contributed by atoms with E-state index < -0.39 is 24.6 Å². The van der Waals surface area contributed by atoms with Gasteiger partial charge in [0, 0.05) is 6.54 Å². The Morgan fingerprint density at radius 2 is 1.78 bits per heavy atom. The Bertz CT molecular complexity index is 259. The van der Waals surface area contributed by atoms with Gasteiger partial charge in [-0.3, -0.25) is 9.59 Å². The fourth-order valence-corrected chi connectivity index (χ4v) is 1.76. The van der Waals surface area contributed by atoms with E-state index in [1.807, 2.05) is 0 Å². The summed E-state index contributed by atoms with van der Waals surface area (Å²) in [5.41, 5.74) is 0. The summed E-state index contributed by atoms with van der Waals surface area (Å²) in [5.74, 6) is -1.81. The van der Waals surface area contributed by atoms with Crippen LogP contribution in [0.15, 0.2) is 0 Å². The maximum atomic E-state index is 13.6. The molecule has 0 bridgehead atoms. The lowest BCUT2D eigenvalue weighted by Crippen LogP contribution is -2.40. The van der Waals surface area contributed by atoms with Crippen molar-refractivity contribution < 1.29 is 19.1 Å². The van der Waals surface area contributed by atoms with Crippen LogP contribution in [0.1, 0.15) is 52.4 Å². The highest BCUT2D eigenvalue weighted by atomic mass is 19.1. The van der Waals surface area contributed by atoms with Crippen LogP contribution in [-0.4, -0.2) is 41.1 Å². The fourth-order valence-electron chi connectivity index (χ4n) is 1.76. The molecule has 0 heterocycles. The maximum Gasteiger partial charge on any atom is 0.323 e. The van der Waals surface area contributed by atoms with Gasteiger partial charge in [0.25, 0.3) is 5.91 Å². The van der Waals surface area contributed by atoms with Crippen LogP contribution in [0.5, 0.6) is 0 Å². The van der Waals surface area contributed by atoms with Crippen molar-refractivity contribution in [2.45, 2.75) is 58.5 Å². The maximum absolute atomic E-state index is 13.6. The number of rotatable bonds is 10. The molecule has 0 fully saturated rings. The third kappa shape index (κ3) is 7.25. The standard InChI is InChI=1S/C13H24FNO3/c1-3-5-6-7-8-9-11(14)13(18)15(4-2)10-12(16)17/h11H,3-10H2,1-2H3,(H,16,17). The zero-order valence-electron chi connectivity index (χ0n) is 11.3. The summed E-state index contributed by atoms with van der Waals surface area (Å²) >= 11 is 0. The predicted octanol–water partition coefficient (Wildman–Crippen LogP) is 2.62. The minimum atomic E-state index is -1.56. The molecule has 1 atom stereocenters. The van der Waals surface area contributed by atoms with E-state index in [1.54, 1.807) is 6.92 Å². The molecule has 18 heavy (non-hydrogen) atoms. The van der Waals surface area contributed by atoms with Gasteiger partial charge in [0.05, 0.1) is 0 Å². The Labute approximate surface area is 108 Å². The number of likely N-dealkylation sites (N-methyl/N-ethyl adjacent to an activating group) is 1. The van der Waals surface area contributed by atoms with Crippen molar-refractivity contribution in [3.05, 3.63) is 0 Å². The largest absolute Gasteiger partial charge is 0.480 e. The second-order valence-corrected chi connectivity index (χ2v) is 4.42. The number of carboxylic acids is 1. The molecule has 5 heteroatoms. The Morgan fingerprint density at radius 1 is 1.17 bits per heavy atom. The molecule has 4 nitrogen and oxygen atoms in total. The number of hydrogen-bond donors (Lipinski definition) is 1. The second kappa shape index (κ2) is 9.85. The van der Waals surface area contributed by atoms with Gasteiger partial charge in [-0.15, -0.1) is 0 Å². The van der Waals surface area contributed by atoms with Gasteiger partial charge in [0.15, 0.2) is 6.17 Å². The smallest absolute Gasteiger partial charge is 0.323 e. The number of carbonyl (C=O) groups is 2. The van der Waals surface area contributed by atoms with Crippen molar-refractivity contribution in [1.82, 2.24) is 4.90 Å². The summed E-state index contributed by atoms with van der Waals surface area (Å²) in [4.78, 5) is 23.2. The molecule has 0 aliphatic rings. The molecule has 0 rings (SSSR count). The second-order valence-electron chi connectivity index (χ2n) is 4.42. The Kier molecular flexibility index (Phi) is 9.24. The number of halogens is 1. The van der Waals surface area contributed by atoms with Crippen LogP contribution in [0.3, 0.4) is 0 Å². The lowest BCUT2D eigenvalue weighted by molar-refractivity contribution is -0.146. The predicted molar refractivity (Wildman–Crippen MR) is 68.2 cm³/mol. The molecule has 1 unspecified atom stereocenters. The van der Waals surface area contributed by atoms with Crippen molar-refractivity contribution in [3.8, 4) is 0 Å². The van der Waals surface area contributed by atoms with Crippen LogP contribution < -0.4 is 0 Å². The van der Waals surface area contributed by atoms with Crippen LogP contribution in [0.2, 0.25) is 0 Å². The zero-order valence-corrected chi connectivity index (χ0v) is 11.3. The third-order valence-corrected chi connectivity index (χ3v) is 2.85. The zero-order chi connectivity index (χ0) is 14.0. The molecular weight excluding hydrogens is 237 g/mol. The quantitative estimate of drug-likeness (QED) is 0.615. The van der Waals surface area contributed by atoms with E-state index in [1.165, 1.54) is 0 Å². The molecule has 1 amide bonds. The summed E-state index contributed by atoms with van der Waals surface area (Å²) in [5, 5.41) is 8.60. The molecule has 0 aliphatic heterocycles. The van der Waals surface area contributed by atoms with Crippen LogP contribution in [0.25, 0.3) is 0 Å².